The number of benzene rings is 3. The number of nitrogens with zero attached hydrogens (tertiary/aromatic N) is 1. The minimum Gasteiger partial charge on any atom is -0.397 e. The lowest BCUT2D eigenvalue weighted by molar-refractivity contribution is -0.137. The highest BCUT2D eigenvalue weighted by Gasteiger charge is 2.33. The maximum Gasteiger partial charge on any atom is 0.417 e. The van der Waals surface area contributed by atoms with E-state index in [0.717, 1.165) is 23.1 Å². The zero-order chi connectivity index (χ0) is 24.3. The number of amides is 3. The highest BCUT2D eigenvalue weighted by atomic mass is 35.5. The topological polar surface area (TPSA) is 101 Å². The number of hydrogen-bond donors (Lipinski definition) is 3. The number of carbonyl (C=O) groups is 2. The van der Waals surface area contributed by atoms with Crippen LogP contribution in [0.25, 0.3) is 0 Å². The molecule has 3 aromatic carbocycles. The highest BCUT2D eigenvalue weighted by molar-refractivity contribution is 6.31. The Morgan fingerprint density at radius 2 is 1.67 bits per heavy atom. The molecule has 33 heavy (non-hydrogen) atoms. The molecule has 0 fully saturated rings. The number of nitrogen functional groups attached to an aromatic ring is 1. The summed E-state index contributed by atoms with van der Waals surface area (Å²) in [5, 5.41) is 1.86. The third-order valence-electron chi connectivity index (χ3n) is 4.63. The van der Waals surface area contributed by atoms with Gasteiger partial charge < -0.3 is 16.8 Å². The van der Waals surface area contributed by atoms with Gasteiger partial charge in [0, 0.05) is 11.3 Å². The van der Waals surface area contributed by atoms with Crippen molar-refractivity contribution in [1.29, 1.82) is 0 Å². The fraction of sp³-hybridized carbons (Fsp3) is 0.0909. The molecule has 0 aliphatic rings. The van der Waals surface area contributed by atoms with Crippen LogP contribution in [0.5, 0.6) is 0 Å². The first-order valence-corrected chi connectivity index (χ1v) is 9.72. The van der Waals surface area contributed by atoms with Gasteiger partial charge in [0.05, 0.1) is 28.5 Å². The van der Waals surface area contributed by atoms with E-state index in [2.05, 4.69) is 5.32 Å². The molecule has 3 rings (SSSR count). The maximum atomic E-state index is 13.5. The summed E-state index contributed by atoms with van der Waals surface area (Å²) < 4.78 is 53.0. The van der Waals surface area contributed by atoms with Gasteiger partial charge in [0.15, 0.2) is 0 Å². The van der Waals surface area contributed by atoms with Gasteiger partial charge in [-0.05, 0) is 54.1 Å². The Bertz CT molecular complexity index is 1200. The highest BCUT2D eigenvalue weighted by Crippen LogP contribution is 2.36. The zero-order valence-corrected chi connectivity index (χ0v) is 17.5. The zero-order valence-electron chi connectivity index (χ0n) is 16.8. The van der Waals surface area contributed by atoms with Gasteiger partial charge >= 0.3 is 12.2 Å². The number of halogens is 5. The van der Waals surface area contributed by atoms with E-state index in [1.54, 1.807) is 12.1 Å². The molecule has 3 amide bonds. The predicted molar refractivity (Wildman–Crippen MR) is 117 cm³/mol. The van der Waals surface area contributed by atoms with Crippen LogP contribution in [-0.2, 0) is 12.7 Å². The Morgan fingerprint density at radius 3 is 2.24 bits per heavy atom. The third kappa shape index (κ3) is 5.72. The Morgan fingerprint density at radius 1 is 1.00 bits per heavy atom. The first kappa shape index (κ1) is 23.9. The standard InChI is InChI=1S/C22H17ClF4N4O2/c23-17-7-6-15(10-16(17)22(25,26)27)30-21(33)31(19-8-5-14(24)9-18(19)28)11-12-1-3-13(4-2-12)20(29)32/h1-10H,11,28H2,(H2,29,32)(H,30,33). The van der Waals surface area contributed by atoms with Gasteiger partial charge in [-0.1, -0.05) is 23.7 Å². The molecule has 0 atom stereocenters. The second-order valence-corrected chi connectivity index (χ2v) is 7.38. The van der Waals surface area contributed by atoms with Crippen molar-refractivity contribution in [2.45, 2.75) is 12.7 Å². The number of carbonyl (C=O) groups excluding carboxylic acids is 2. The summed E-state index contributed by atoms with van der Waals surface area (Å²) in [6, 6.07) is 11.5. The normalized spacial score (nSPS) is 11.2. The van der Waals surface area contributed by atoms with Crippen molar-refractivity contribution < 1.29 is 27.2 Å². The average Bonchev–Trinajstić information content (AvgIpc) is 2.73. The molecule has 0 saturated carbocycles. The summed E-state index contributed by atoms with van der Waals surface area (Å²) >= 11 is 5.63. The molecular weight excluding hydrogens is 464 g/mol. The van der Waals surface area contributed by atoms with E-state index >= 15 is 0 Å². The number of rotatable bonds is 5. The molecule has 0 saturated heterocycles. The number of nitrogens with one attached hydrogen (secondary N) is 1. The van der Waals surface area contributed by atoms with Crippen molar-refractivity contribution in [1.82, 2.24) is 0 Å². The van der Waals surface area contributed by atoms with Crippen LogP contribution in [0.4, 0.5) is 39.4 Å². The minimum absolute atomic E-state index is 0.0639. The number of hydrogen-bond acceptors (Lipinski definition) is 3. The Labute approximate surface area is 190 Å². The lowest BCUT2D eigenvalue weighted by atomic mass is 10.1. The summed E-state index contributed by atoms with van der Waals surface area (Å²) in [5.41, 5.74) is 10.7. The maximum absolute atomic E-state index is 13.5. The third-order valence-corrected chi connectivity index (χ3v) is 4.96. The van der Waals surface area contributed by atoms with E-state index in [0.29, 0.717) is 11.6 Å². The molecule has 0 aliphatic heterocycles. The lowest BCUT2D eigenvalue weighted by Crippen LogP contribution is -2.35. The van der Waals surface area contributed by atoms with E-state index < -0.39 is 34.5 Å². The molecule has 0 heterocycles. The van der Waals surface area contributed by atoms with Gasteiger partial charge in [0.1, 0.15) is 5.82 Å². The average molecular weight is 481 g/mol. The first-order valence-electron chi connectivity index (χ1n) is 9.34. The monoisotopic (exact) mass is 480 g/mol. The van der Waals surface area contributed by atoms with Crippen LogP contribution < -0.4 is 21.7 Å². The number of urea groups is 1. The molecule has 0 aromatic heterocycles. The Balaban J connectivity index is 1.95. The van der Waals surface area contributed by atoms with Crippen molar-refractivity contribution in [2.24, 2.45) is 5.73 Å². The number of primary amides is 1. The van der Waals surface area contributed by atoms with Crippen molar-refractivity contribution in [3.05, 3.63) is 88.2 Å². The Kier molecular flexibility index (Phi) is 6.78. The molecule has 11 heteroatoms. The molecule has 0 bridgehead atoms. The van der Waals surface area contributed by atoms with Crippen molar-refractivity contribution in [3.63, 3.8) is 0 Å². The van der Waals surface area contributed by atoms with Crippen molar-refractivity contribution in [3.8, 4) is 0 Å². The van der Waals surface area contributed by atoms with E-state index in [1.165, 1.54) is 24.3 Å². The van der Waals surface area contributed by atoms with Gasteiger partial charge in [-0.25, -0.2) is 9.18 Å². The van der Waals surface area contributed by atoms with Crippen LogP contribution in [0.1, 0.15) is 21.5 Å². The number of anilines is 3. The van der Waals surface area contributed by atoms with Crippen LogP contribution in [0.3, 0.4) is 0 Å². The molecule has 5 N–H and O–H groups in total. The largest absolute Gasteiger partial charge is 0.417 e. The first-order chi connectivity index (χ1) is 15.5. The van der Waals surface area contributed by atoms with Crippen LogP contribution >= 0.6 is 11.6 Å². The van der Waals surface area contributed by atoms with Crippen LogP contribution in [0, 0.1) is 5.82 Å². The van der Waals surface area contributed by atoms with Gasteiger partial charge in [-0.3, -0.25) is 9.69 Å². The smallest absolute Gasteiger partial charge is 0.397 e. The quantitative estimate of drug-likeness (QED) is 0.336. The predicted octanol–water partition coefficient (Wildman–Crippen LogP) is 5.42. The van der Waals surface area contributed by atoms with Crippen LogP contribution in [0.15, 0.2) is 60.7 Å². The van der Waals surface area contributed by atoms with Gasteiger partial charge in [0.25, 0.3) is 0 Å². The molecule has 0 aliphatic carbocycles. The van der Waals surface area contributed by atoms with E-state index in [-0.39, 0.29) is 29.2 Å². The van der Waals surface area contributed by atoms with Crippen molar-refractivity contribution >= 4 is 40.6 Å². The molecule has 0 spiro atoms. The molecule has 0 unspecified atom stereocenters. The number of alkyl halides is 3. The molecule has 172 valence electrons. The summed E-state index contributed by atoms with van der Waals surface area (Å²) in [4.78, 5) is 25.4. The van der Waals surface area contributed by atoms with Crippen LogP contribution in [-0.4, -0.2) is 11.9 Å². The molecular formula is C22H17ClF4N4O2. The second kappa shape index (κ2) is 9.37. The van der Waals surface area contributed by atoms with Gasteiger partial charge in [-0.2, -0.15) is 13.2 Å². The molecule has 0 radical (unpaired) electrons. The summed E-state index contributed by atoms with van der Waals surface area (Å²) in [7, 11) is 0. The van der Waals surface area contributed by atoms with E-state index in [1.807, 2.05) is 0 Å². The van der Waals surface area contributed by atoms with E-state index in [9.17, 15) is 27.2 Å². The number of nitrogens with two attached hydrogens (primary N) is 2. The van der Waals surface area contributed by atoms with Crippen LogP contribution in [0.2, 0.25) is 5.02 Å². The Hall–Kier alpha value is -3.79. The SMILES string of the molecule is NC(=O)c1ccc(CN(C(=O)Nc2ccc(Cl)c(C(F)(F)F)c2)c2ccc(F)cc2N)cc1. The fourth-order valence-electron chi connectivity index (χ4n) is 3.01. The lowest BCUT2D eigenvalue weighted by Gasteiger charge is -2.25. The fourth-order valence-corrected chi connectivity index (χ4v) is 3.23. The summed E-state index contributed by atoms with van der Waals surface area (Å²) in [6.07, 6.45) is -4.72. The van der Waals surface area contributed by atoms with Gasteiger partial charge in [-0.15, -0.1) is 0 Å². The van der Waals surface area contributed by atoms with E-state index in [4.69, 9.17) is 23.1 Å². The summed E-state index contributed by atoms with van der Waals surface area (Å²) in [6.45, 7) is -0.0968. The molecule has 6 nitrogen and oxygen atoms in total. The van der Waals surface area contributed by atoms with Gasteiger partial charge in [0.2, 0.25) is 5.91 Å². The minimum atomic E-state index is -4.72. The van der Waals surface area contributed by atoms with Crippen molar-refractivity contribution in [2.75, 3.05) is 16.0 Å². The second-order valence-electron chi connectivity index (χ2n) is 6.97. The summed E-state index contributed by atoms with van der Waals surface area (Å²) in [5.74, 6) is -1.27. The molecule has 3 aromatic rings.